The number of aliphatic imine (C=N–C) groups is 1. The first-order chi connectivity index (χ1) is 6.36. The van der Waals surface area contributed by atoms with Gasteiger partial charge in [-0.1, -0.05) is 6.08 Å². The molecule has 2 heterocycles. The van der Waals surface area contributed by atoms with Crippen LogP contribution in [0.3, 0.4) is 0 Å². The Labute approximate surface area is 85.6 Å². The van der Waals surface area contributed by atoms with Crippen LogP contribution in [-0.4, -0.2) is 11.1 Å². The average molecular weight is 210 g/mol. The van der Waals surface area contributed by atoms with Crippen molar-refractivity contribution >= 4 is 33.9 Å². The smallest absolute Gasteiger partial charge is 0.118 e. The van der Waals surface area contributed by atoms with E-state index < -0.39 is 0 Å². The van der Waals surface area contributed by atoms with Crippen LogP contribution >= 0.6 is 23.1 Å². The quantitative estimate of drug-likeness (QED) is 0.602. The molecular formula is C9H10N2S2. The Morgan fingerprint density at radius 1 is 1.62 bits per heavy atom. The standard InChI is InChI=1S/C9H10N2S2/c10-9(7-3-1-5-12-7)11-8-4-2-6-13-8/h1-2,4-7H,3H2,(H2,10,11). The fourth-order valence-corrected chi connectivity index (χ4v) is 2.55. The first kappa shape index (κ1) is 8.84. The number of thioether (sulfide) groups is 1. The number of nitrogens with two attached hydrogens (primary N) is 1. The van der Waals surface area contributed by atoms with Gasteiger partial charge in [-0.3, -0.25) is 0 Å². The molecule has 0 bridgehead atoms. The van der Waals surface area contributed by atoms with E-state index in [0.717, 1.165) is 17.3 Å². The van der Waals surface area contributed by atoms with Crippen molar-refractivity contribution in [3.63, 3.8) is 0 Å². The van der Waals surface area contributed by atoms with Crippen molar-refractivity contribution in [2.75, 3.05) is 0 Å². The SMILES string of the molecule is NC(=Nc1cccs1)C1CC=CS1. The van der Waals surface area contributed by atoms with Gasteiger partial charge >= 0.3 is 0 Å². The lowest BCUT2D eigenvalue weighted by Gasteiger charge is -2.05. The average Bonchev–Trinajstić information content (AvgIpc) is 2.74. The Kier molecular flexibility index (Phi) is 2.71. The molecule has 1 aliphatic heterocycles. The third-order valence-electron chi connectivity index (χ3n) is 1.76. The summed E-state index contributed by atoms with van der Waals surface area (Å²) in [5.41, 5.74) is 5.87. The molecule has 0 spiro atoms. The number of hydrogen-bond donors (Lipinski definition) is 1. The molecule has 1 aliphatic rings. The van der Waals surface area contributed by atoms with Gasteiger partial charge in [0.25, 0.3) is 0 Å². The summed E-state index contributed by atoms with van der Waals surface area (Å²) in [5, 5.41) is 5.43. The van der Waals surface area contributed by atoms with Crippen LogP contribution in [0.2, 0.25) is 0 Å². The number of thiophene rings is 1. The van der Waals surface area contributed by atoms with E-state index in [1.807, 2.05) is 17.5 Å². The van der Waals surface area contributed by atoms with Gasteiger partial charge in [-0.25, -0.2) is 4.99 Å². The van der Waals surface area contributed by atoms with Gasteiger partial charge < -0.3 is 5.73 Å². The summed E-state index contributed by atoms with van der Waals surface area (Å²) >= 11 is 3.35. The zero-order chi connectivity index (χ0) is 9.10. The van der Waals surface area contributed by atoms with Crippen molar-refractivity contribution in [3.05, 3.63) is 29.0 Å². The lowest BCUT2D eigenvalue weighted by Crippen LogP contribution is -2.23. The molecule has 1 aromatic rings. The van der Waals surface area contributed by atoms with Crippen LogP contribution in [0, 0.1) is 0 Å². The highest BCUT2D eigenvalue weighted by Gasteiger charge is 2.14. The van der Waals surface area contributed by atoms with E-state index >= 15 is 0 Å². The Hall–Kier alpha value is -0.740. The highest BCUT2D eigenvalue weighted by Crippen LogP contribution is 2.26. The number of nitrogens with zero attached hydrogens (tertiary/aromatic N) is 1. The third kappa shape index (κ3) is 2.14. The molecule has 0 aromatic carbocycles. The van der Waals surface area contributed by atoms with Gasteiger partial charge in [-0.2, -0.15) is 0 Å². The van der Waals surface area contributed by atoms with Crippen molar-refractivity contribution in [1.82, 2.24) is 0 Å². The highest BCUT2D eigenvalue weighted by molar-refractivity contribution is 8.03. The van der Waals surface area contributed by atoms with E-state index in [1.165, 1.54) is 0 Å². The molecule has 0 amide bonds. The fraction of sp³-hybridized carbons (Fsp3) is 0.222. The summed E-state index contributed by atoms with van der Waals surface area (Å²) < 4.78 is 0. The molecule has 0 saturated heterocycles. The van der Waals surface area contributed by atoms with Crippen LogP contribution in [0.25, 0.3) is 0 Å². The first-order valence-electron chi connectivity index (χ1n) is 4.04. The fourth-order valence-electron chi connectivity index (χ4n) is 1.11. The maximum absolute atomic E-state index is 5.87. The summed E-state index contributed by atoms with van der Waals surface area (Å²) in [7, 11) is 0. The van der Waals surface area contributed by atoms with Gasteiger partial charge in [-0.05, 0) is 29.3 Å². The van der Waals surface area contributed by atoms with Crippen molar-refractivity contribution in [2.45, 2.75) is 11.7 Å². The number of hydrogen-bond acceptors (Lipinski definition) is 3. The second-order valence-corrected chi connectivity index (χ2v) is 4.76. The predicted molar refractivity (Wildman–Crippen MR) is 60.7 cm³/mol. The van der Waals surface area contributed by atoms with Crippen molar-refractivity contribution in [2.24, 2.45) is 10.7 Å². The number of rotatable bonds is 2. The molecule has 1 unspecified atom stereocenters. The third-order valence-corrected chi connectivity index (χ3v) is 3.64. The summed E-state index contributed by atoms with van der Waals surface area (Å²) in [4.78, 5) is 4.35. The number of amidine groups is 1. The highest BCUT2D eigenvalue weighted by atomic mass is 32.2. The van der Waals surface area contributed by atoms with E-state index in [-0.39, 0.29) is 0 Å². The van der Waals surface area contributed by atoms with Crippen LogP contribution in [-0.2, 0) is 0 Å². The molecule has 4 heteroatoms. The molecule has 0 saturated carbocycles. The minimum absolute atomic E-state index is 0.349. The van der Waals surface area contributed by atoms with Crippen molar-refractivity contribution in [1.29, 1.82) is 0 Å². The molecule has 1 aromatic heterocycles. The lowest BCUT2D eigenvalue weighted by atomic mass is 10.3. The molecule has 13 heavy (non-hydrogen) atoms. The molecule has 0 radical (unpaired) electrons. The minimum Gasteiger partial charge on any atom is -0.386 e. The van der Waals surface area contributed by atoms with Crippen LogP contribution < -0.4 is 5.73 Å². The van der Waals surface area contributed by atoms with Crippen LogP contribution in [0.15, 0.2) is 34.0 Å². The molecule has 2 N–H and O–H groups in total. The lowest BCUT2D eigenvalue weighted by molar-refractivity contribution is 1.12. The zero-order valence-electron chi connectivity index (χ0n) is 7.01. The van der Waals surface area contributed by atoms with Crippen LogP contribution in [0.1, 0.15) is 6.42 Å². The second kappa shape index (κ2) is 3.98. The van der Waals surface area contributed by atoms with E-state index in [2.05, 4.69) is 16.5 Å². The number of allylic oxidation sites excluding steroid dienone is 1. The van der Waals surface area contributed by atoms with Gasteiger partial charge in [-0.15, -0.1) is 23.1 Å². The summed E-state index contributed by atoms with van der Waals surface area (Å²) in [5.74, 6) is 0.734. The maximum Gasteiger partial charge on any atom is 0.118 e. The van der Waals surface area contributed by atoms with Crippen LogP contribution in [0.5, 0.6) is 0 Å². The largest absolute Gasteiger partial charge is 0.386 e. The van der Waals surface area contributed by atoms with E-state index in [1.54, 1.807) is 23.1 Å². The van der Waals surface area contributed by atoms with Gasteiger partial charge in [0.1, 0.15) is 10.8 Å². The molecule has 0 fully saturated rings. The van der Waals surface area contributed by atoms with Crippen LogP contribution in [0.4, 0.5) is 5.00 Å². The summed E-state index contributed by atoms with van der Waals surface area (Å²) in [6, 6.07) is 3.96. The van der Waals surface area contributed by atoms with Crippen molar-refractivity contribution in [3.8, 4) is 0 Å². The maximum atomic E-state index is 5.87. The van der Waals surface area contributed by atoms with Gasteiger partial charge in [0.15, 0.2) is 0 Å². The zero-order valence-corrected chi connectivity index (χ0v) is 8.65. The minimum atomic E-state index is 0.349. The van der Waals surface area contributed by atoms with E-state index in [0.29, 0.717) is 5.25 Å². The Balaban J connectivity index is 2.08. The molecule has 2 rings (SSSR count). The molecule has 1 atom stereocenters. The van der Waals surface area contributed by atoms with E-state index in [9.17, 15) is 0 Å². The molecule has 68 valence electrons. The Morgan fingerprint density at radius 2 is 2.54 bits per heavy atom. The van der Waals surface area contributed by atoms with Gasteiger partial charge in [0.2, 0.25) is 0 Å². The molecule has 0 aliphatic carbocycles. The second-order valence-electron chi connectivity index (χ2n) is 2.72. The van der Waals surface area contributed by atoms with Gasteiger partial charge in [0, 0.05) is 0 Å². The first-order valence-corrected chi connectivity index (χ1v) is 5.86. The topological polar surface area (TPSA) is 38.4 Å². The summed E-state index contributed by atoms with van der Waals surface area (Å²) in [6.07, 6.45) is 3.14. The molecule has 2 nitrogen and oxygen atoms in total. The normalized spacial score (nSPS) is 22.5. The Morgan fingerprint density at radius 3 is 3.15 bits per heavy atom. The monoisotopic (exact) mass is 210 g/mol. The van der Waals surface area contributed by atoms with Gasteiger partial charge in [0.05, 0.1) is 5.25 Å². The summed E-state index contributed by atoms with van der Waals surface area (Å²) in [6.45, 7) is 0. The van der Waals surface area contributed by atoms with Crippen molar-refractivity contribution < 1.29 is 0 Å². The Bertz CT molecular complexity index is 319. The predicted octanol–water partition coefficient (Wildman–Crippen LogP) is 2.76. The molecular weight excluding hydrogens is 200 g/mol. The van der Waals surface area contributed by atoms with E-state index in [4.69, 9.17) is 5.73 Å².